The second-order valence-electron chi connectivity index (χ2n) is 5.65. The van der Waals surface area contributed by atoms with Crippen molar-refractivity contribution in [2.45, 2.75) is 33.1 Å². The molecule has 2 aromatic rings. The van der Waals surface area contributed by atoms with Crippen LogP contribution in [0.4, 0.5) is 4.39 Å². The molecule has 0 aliphatic heterocycles. The maximum absolute atomic E-state index is 14.0. The molecule has 0 bridgehead atoms. The molecule has 0 aliphatic rings. The van der Waals surface area contributed by atoms with Crippen molar-refractivity contribution in [2.75, 3.05) is 6.54 Å². The van der Waals surface area contributed by atoms with E-state index in [0.717, 1.165) is 0 Å². The Bertz CT molecular complexity index is 608. The molecule has 0 spiro atoms. The Hall–Kier alpha value is -1.38. The third kappa shape index (κ3) is 3.45. The van der Waals surface area contributed by atoms with Crippen LogP contribution in [-0.2, 0) is 6.42 Å². The van der Waals surface area contributed by atoms with E-state index in [9.17, 15) is 4.39 Å². The molecule has 2 rings (SSSR count). The van der Waals surface area contributed by atoms with Gasteiger partial charge in [-0.05, 0) is 62.6 Å². The quantitative estimate of drug-likeness (QED) is 0.871. The van der Waals surface area contributed by atoms with Gasteiger partial charge in [0.1, 0.15) is 5.82 Å². The van der Waals surface area contributed by atoms with Crippen LogP contribution in [0.2, 0.25) is 5.02 Å². The summed E-state index contributed by atoms with van der Waals surface area (Å²) >= 11 is 6.14. The van der Waals surface area contributed by atoms with E-state index in [2.05, 4.69) is 32.9 Å². The number of nitrogens with two attached hydrogens (primary N) is 1. The predicted molar refractivity (Wildman–Crippen MR) is 87.6 cm³/mol. The molecule has 1 nitrogen and oxygen atoms in total. The van der Waals surface area contributed by atoms with Crippen molar-refractivity contribution in [3.8, 4) is 0 Å². The maximum atomic E-state index is 14.0. The van der Waals surface area contributed by atoms with Gasteiger partial charge in [0.2, 0.25) is 0 Å². The Morgan fingerprint density at radius 2 is 1.76 bits per heavy atom. The van der Waals surface area contributed by atoms with E-state index in [-0.39, 0.29) is 11.7 Å². The van der Waals surface area contributed by atoms with E-state index in [1.807, 2.05) is 0 Å². The number of halogens is 2. The first-order valence-corrected chi connectivity index (χ1v) is 7.52. The lowest BCUT2D eigenvalue weighted by molar-refractivity contribution is 0.589. The van der Waals surface area contributed by atoms with Crippen molar-refractivity contribution in [1.82, 2.24) is 0 Å². The highest BCUT2D eigenvalue weighted by molar-refractivity contribution is 6.31. The summed E-state index contributed by atoms with van der Waals surface area (Å²) in [6, 6.07) is 9.09. The molecule has 0 aromatic heterocycles. The van der Waals surface area contributed by atoms with E-state index in [4.69, 9.17) is 17.3 Å². The molecule has 1 atom stereocenters. The molecule has 3 heteroatoms. The van der Waals surface area contributed by atoms with Gasteiger partial charge < -0.3 is 5.73 Å². The van der Waals surface area contributed by atoms with Gasteiger partial charge >= 0.3 is 0 Å². The van der Waals surface area contributed by atoms with E-state index in [1.54, 1.807) is 12.1 Å². The zero-order valence-corrected chi connectivity index (χ0v) is 13.5. The Balaban J connectivity index is 2.42. The minimum Gasteiger partial charge on any atom is -0.330 e. The highest BCUT2D eigenvalue weighted by Gasteiger charge is 2.19. The molecular formula is C18H21ClFN. The fourth-order valence-electron chi connectivity index (χ4n) is 3.11. The van der Waals surface area contributed by atoms with Crippen LogP contribution in [0.15, 0.2) is 30.3 Å². The zero-order chi connectivity index (χ0) is 15.6. The molecule has 2 N–H and O–H groups in total. The first-order chi connectivity index (χ1) is 9.93. The second kappa shape index (κ2) is 6.59. The second-order valence-corrected chi connectivity index (χ2v) is 6.06. The van der Waals surface area contributed by atoms with Crippen molar-refractivity contribution in [3.63, 3.8) is 0 Å². The Morgan fingerprint density at radius 3 is 2.29 bits per heavy atom. The SMILES string of the molecule is Cc1cc(C)c(C(CN)Cc2c(F)cccc2Cl)c(C)c1. The van der Waals surface area contributed by atoms with Crippen LogP contribution in [0.3, 0.4) is 0 Å². The summed E-state index contributed by atoms with van der Waals surface area (Å²) in [6.07, 6.45) is 0.521. The van der Waals surface area contributed by atoms with Crippen LogP contribution < -0.4 is 5.73 Å². The standard InChI is InChI=1S/C18H21ClFN/c1-11-7-12(2)18(13(3)8-11)14(10-21)9-15-16(19)5-4-6-17(15)20/h4-8,14H,9-10,21H2,1-3H3. The lowest BCUT2D eigenvalue weighted by Gasteiger charge is -2.22. The van der Waals surface area contributed by atoms with Crippen molar-refractivity contribution >= 4 is 11.6 Å². The molecule has 0 amide bonds. The average molecular weight is 306 g/mol. The lowest BCUT2D eigenvalue weighted by atomic mass is 9.85. The summed E-state index contributed by atoms with van der Waals surface area (Å²) in [6.45, 7) is 6.71. The first kappa shape index (κ1) is 16.0. The summed E-state index contributed by atoms with van der Waals surface area (Å²) in [7, 11) is 0. The molecule has 0 heterocycles. The van der Waals surface area contributed by atoms with Crippen LogP contribution in [0, 0.1) is 26.6 Å². The van der Waals surface area contributed by atoms with Crippen LogP contribution in [0.1, 0.15) is 33.7 Å². The summed E-state index contributed by atoms with van der Waals surface area (Å²) in [5, 5.41) is 0.468. The zero-order valence-electron chi connectivity index (χ0n) is 12.7. The molecule has 0 saturated heterocycles. The van der Waals surface area contributed by atoms with Gasteiger partial charge in [0.05, 0.1) is 0 Å². The Morgan fingerprint density at radius 1 is 1.14 bits per heavy atom. The normalized spacial score (nSPS) is 12.5. The van der Waals surface area contributed by atoms with Crippen LogP contribution >= 0.6 is 11.6 Å². The highest BCUT2D eigenvalue weighted by Crippen LogP contribution is 2.30. The highest BCUT2D eigenvalue weighted by atomic mass is 35.5. The van der Waals surface area contributed by atoms with Gasteiger partial charge in [0, 0.05) is 16.5 Å². The van der Waals surface area contributed by atoms with Crippen molar-refractivity contribution in [3.05, 3.63) is 69.0 Å². The summed E-state index contributed by atoms with van der Waals surface area (Å²) in [4.78, 5) is 0. The Kier molecular flexibility index (Phi) is 5.02. The molecule has 1 unspecified atom stereocenters. The summed E-state index contributed by atoms with van der Waals surface area (Å²) in [5.74, 6) is -0.191. The predicted octanol–water partition coefficient (Wildman–Crippen LogP) is 4.69. The minimum atomic E-state index is -0.261. The van der Waals surface area contributed by atoms with E-state index < -0.39 is 0 Å². The third-order valence-electron chi connectivity index (χ3n) is 3.94. The minimum absolute atomic E-state index is 0.0694. The summed E-state index contributed by atoms with van der Waals surface area (Å²) < 4.78 is 14.0. The van der Waals surface area contributed by atoms with E-state index in [1.165, 1.54) is 28.3 Å². The number of hydrogen-bond acceptors (Lipinski definition) is 1. The van der Waals surface area contributed by atoms with Crippen molar-refractivity contribution in [1.29, 1.82) is 0 Å². The molecule has 2 aromatic carbocycles. The van der Waals surface area contributed by atoms with Crippen LogP contribution in [0.5, 0.6) is 0 Å². The monoisotopic (exact) mass is 305 g/mol. The lowest BCUT2D eigenvalue weighted by Crippen LogP contribution is -2.18. The number of aryl methyl sites for hydroxylation is 3. The fourth-order valence-corrected chi connectivity index (χ4v) is 3.35. The van der Waals surface area contributed by atoms with Gasteiger partial charge in [-0.2, -0.15) is 0 Å². The van der Waals surface area contributed by atoms with Gasteiger partial charge in [0.25, 0.3) is 0 Å². The van der Waals surface area contributed by atoms with E-state index >= 15 is 0 Å². The average Bonchev–Trinajstić information content (AvgIpc) is 2.39. The molecular weight excluding hydrogens is 285 g/mol. The largest absolute Gasteiger partial charge is 0.330 e. The molecule has 0 radical (unpaired) electrons. The van der Waals surface area contributed by atoms with Crippen LogP contribution in [0.25, 0.3) is 0 Å². The summed E-state index contributed by atoms with van der Waals surface area (Å²) in [5.41, 5.74) is 11.4. The van der Waals surface area contributed by atoms with Crippen molar-refractivity contribution < 1.29 is 4.39 Å². The Labute approximate surface area is 130 Å². The van der Waals surface area contributed by atoms with Crippen LogP contribution in [-0.4, -0.2) is 6.54 Å². The van der Waals surface area contributed by atoms with Gasteiger partial charge in [-0.15, -0.1) is 0 Å². The molecule has 0 aliphatic carbocycles. The van der Waals surface area contributed by atoms with Crippen molar-refractivity contribution in [2.24, 2.45) is 5.73 Å². The fraction of sp³-hybridized carbons (Fsp3) is 0.333. The topological polar surface area (TPSA) is 26.0 Å². The number of rotatable bonds is 4. The third-order valence-corrected chi connectivity index (χ3v) is 4.30. The smallest absolute Gasteiger partial charge is 0.127 e. The maximum Gasteiger partial charge on any atom is 0.127 e. The molecule has 0 saturated carbocycles. The first-order valence-electron chi connectivity index (χ1n) is 7.14. The van der Waals surface area contributed by atoms with Gasteiger partial charge in [0.15, 0.2) is 0 Å². The molecule has 21 heavy (non-hydrogen) atoms. The van der Waals surface area contributed by atoms with Gasteiger partial charge in [-0.1, -0.05) is 35.4 Å². The van der Waals surface area contributed by atoms with E-state index in [0.29, 0.717) is 23.6 Å². The molecule has 0 fully saturated rings. The molecule has 112 valence electrons. The van der Waals surface area contributed by atoms with Gasteiger partial charge in [-0.25, -0.2) is 4.39 Å². The number of benzene rings is 2. The van der Waals surface area contributed by atoms with Gasteiger partial charge in [-0.3, -0.25) is 0 Å². The number of hydrogen-bond donors (Lipinski definition) is 1.